The van der Waals surface area contributed by atoms with Crippen LogP contribution in [0.5, 0.6) is 0 Å². The number of aliphatic carboxylic acids is 1. The summed E-state index contributed by atoms with van der Waals surface area (Å²) in [6, 6.07) is 15.6. The van der Waals surface area contributed by atoms with Crippen molar-refractivity contribution in [3.05, 3.63) is 59.7 Å². The molecule has 8 nitrogen and oxygen atoms in total. The van der Waals surface area contributed by atoms with Gasteiger partial charge in [0.15, 0.2) is 5.54 Å². The second-order valence-corrected chi connectivity index (χ2v) is 8.30. The van der Waals surface area contributed by atoms with Crippen LogP contribution in [0.3, 0.4) is 0 Å². The molecule has 0 saturated heterocycles. The van der Waals surface area contributed by atoms with Crippen LogP contribution in [0.2, 0.25) is 0 Å². The average molecular weight is 455 g/mol. The first kappa shape index (κ1) is 24.3. The molecule has 0 bridgehead atoms. The van der Waals surface area contributed by atoms with Crippen LogP contribution in [0, 0.1) is 0 Å². The summed E-state index contributed by atoms with van der Waals surface area (Å²) in [6.07, 6.45) is -0.562. The minimum absolute atomic E-state index is 0.0588. The fraction of sp³-hybridized carbons (Fsp3) is 0.400. The number of carbonyl (C=O) groups excluding carboxylic acids is 2. The van der Waals surface area contributed by atoms with Crippen molar-refractivity contribution in [3.63, 3.8) is 0 Å². The van der Waals surface area contributed by atoms with Crippen molar-refractivity contribution in [2.75, 3.05) is 20.3 Å². The predicted octanol–water partition coefficient (Wildman–Crippen LogP) is 3.30. The highest BCUT2D eigenvalue weighted by atomic mass is 16.5. The molecule has 0 spiro atoms. The second kappa shape index (κ2) is 10.5. The lowest BCUT2D eigenvalue weighted by Crippen LogP contribution is -2.58. The van der Waals surface area contributed by atoms with Crippen molar-refractivity contribution in [1.29, 1.82) is 0 Å². The Hall–Kier alpha value is -3.39. The lowest BCUT2D eigenvalue weighted by molar-refractivity contribution is -0.150. The Labute approximate surface area is 193 Å². The van der Waals surface area contributed by atoms with E-state index in [1.54, 1.807) is 13.8 Å². The normalized spacial score (nSPS) is 15.0. The minimum Gasteiger partial charge on any atom is -0.479 e. The number of carboxylic acid groups (broad SMARTS) is 1. The van der Waals surface area contributed by atoms with E-state index in [2.05, 4.69) is 22.8 Å². The highest BCUT2D eigenvalue weighted by molar-refractivity contribution is 5.87. The van der Waals surface area contributed by atoms with Gasteiger partial charge in [0.05, 0.1) is 6.61 Å². The molecule has 2 unspecified atom stereocenters. The highest BCUT2D eigenvalue weighted by Gasteiger charge is 2.38. The Kier molecular flexibility index (Phi) is 7.71. The molecule has 0 fully saturated rings. The van der Waals surface area contributed by atoms with Gasteiger partial charge in [0.2, 0.25) is 5.91 Å². The Bertz CT molecular complexity index is 978. The van der Waals surface area contributed by atoms with Crippen molar-refractivity contribution in [2.24, 2.45) is 0 Å². The van der Waals surface area contributed by atoms with Gasteiger partial charge in [0.25, 0.3) is 0 Å². The molecule has 0 aliphatic heterocycles. The minimum atomic E-state index is -1.50. The summed E-state index contributed by atoms with van der Waals surface area (Å²) in [7, 11) is 1.38. The van der Waals surface area contributed by atoms with Crippen LogP contribution in [0.25, 0.3) is 11.1 Å². The Morgan fingerprint density at radius 3 is 2.15 bits per heavy atom. The zero-order chi connectivity index (χ0) is 24.0. The Morgan fingerprint density at radius 1 is 1.06 bits per heavy atom. The fourth-order valence-electron chi connectivity index (χ4n) is 4.23. The van der Waals surface area contributed by atoms with E-state index < -0.39 is 29.6 Å². The van der Waals surface area contributed by atoms with Gasteiger partial charge in [-0.1, -0.05) is 55.5 Å². The summed E-state index contributed by atoms with van der Waals surface area (Å²) in [5.74, 6) is -1.73. The number of amides is 2. The molecule has 0 radical (unpaired) electrons. The van der Waals surface area contributed by atoms with E-state index >= 15 is 0 Å². The molecule has 1 aliphatic carbocycles. The average Bonchev–Trinajstić information content (AvgIpc) is 3.10. The summed E-state index contributed by atoms with van der Waals surface area (Å²) in [4.78, 5) is 36.4. The largest absolute Gasteiger partial charge is 0.479 e. The topological polar surface area (TPSA) is 114 Å². The molecule has 8 heteroatoms. The fourth-order valence-corrected chi connectivity index (χ4v) is 4.23. The van der Waals surface area contributed by atoms with Gasteiger partial charge in [-0.25, -0.2) is 9.59 Å². The Morgan fingerprint density at radius 2 is 1.64 bits per heavy atom. The van der Waals surface area contributed by atoms with E-state index in [0.717, 1.165) is 22.3 Å². The number of rotatable bonds is 10. The predicted molar refractivity (Wildman–Crippen MR) is 123 cm³/mol. The maximum Gasteiger partial charge on any atom is 0.407 e. The highest BCUT2D eigenvalue weighted by Crippen LogP contribution is 2.44. The van der Waals surface area contributed by atoms with Crippen LogP contribution in [0.4, 0.5) is 4.79 Å². The first-order chi connectivity index (χ1) is 15.8. The number of ether oxygens (including phenoxy) is 2. The molecule has 1 aliphatic rings. The lowest BCUT2D eigenvalue weighted by atomic mass is 9.97. The van der Waals surface area contributed by atoms with Gasteiger partial charge in [-0.2, -0.15) is 0 Å². The smallest absolute Gasteiger partial charge is 0.407 e. The number of hydrogen-bond acceptors (Lipinski definition) is 5. The number of alkyl carbamates (subject to hydrolysis) is 1. The number of nitrogens with one attached hydrogen (secondary N) is 2. The lowest BCUT2D eigenvalue weighted by Gasteiger charge is -2.29. The van der Waals surface area contributed by atoms with E-state index in [1.165, 1.54) is 7.11 Å². The van der Waals surface area contributed by atoms with Gasteiger partial charge in [-0.3, -0.25) is 4.79 Å². The standard InChI is InChI=1S/C25H30N2O6/c1-4-25(15-32-3,23(29)30)27-22(28)13-16(2)26-24(31)33-14-21-19-11-7-5-9-17(19)18-10-6-8-12-20(18)21/h5-12,16,21H,4,13-15H2,1-3H3,(H,26,31)(H,27,28)(H,29,30). The molecule has 33 heavy (non-hydrogen) atoms. The van der Waals surface area contributed by atoms with E-state index in [0.29, 0.717) is 0 Å². The first-order valence-corrected chi connectivity index (χ1v) is 11.0. The van der Waals surface area contributed by atoms with Crippen LogP contribution in [-0.2, 0) is 19.1 Å². The quantitative estimate of drug-likeness (QED) is 0.508. The summed E-state index contributed by atoms with van der Waals surface area (Å²) in [6.45, 7) is 3.33. The zero-order valence-corrected chi connectivity index (χ0v) is 19.1. The van der Waals surface area contributed by atoms with Crippen LogP contribution in [0.15, 0.2) is 48.5 Å². The summed E-state index contributed by atoms with van der Waals surface area (Å²) in [5.41, 5.74) is 3.00. The maximum absolute atomic E-state index is 12.4. The first-order valence-electron chi connectivity index (χ1n) is 11.0. The van der Waals surface area contributed by atoms with Crippen molar-refractivity contribution < 1.29 is 29.0 Å². The molecule has 3 N–H and O–H groups in total. The zero-order valence-electron chi connectivity index (χ0n) is 19.1. The second-order valence-electron chi connectivity index (χ2n) is 8.30. The summed E-state index contributed by atoms with van der Waals surface area (Å²) >= 11 is 0. The number of fused-ring (bicyclic) bond motifs is 3. The third-order valence-corrected chi connectivity index (χ3v) is 5.98. The van der Waals surface area contributed by atoms with Crippen molar-refractivity contribution in [3.8, 4) is 11.1 Å². The molecule has 2 aromatic rings. The van der Waals surface area contributed by atoms with Gasteiger partial charge in [0, 0.05) is 25.5 Å². The van der Waals surface area contributed by atoms with Crippen LogP contribution < -0.4 is 10.6 Å². The third-order valence-electron chi connectivity index (χ3n) is 5.98. The van der Waals surface area contributed by atoms with Crippen molar-refractivity contribution in [1.82, 2.24) is 10.6 Å². The molecule has 2 amide bonds. The molecule has 2 atom stereocenters. The molecule has 0 saturated carbocycles. The molecule has 3 rings (SSSR count). The molecule has 0 heterocycles. The van der Waals surface area contributed by atoms with Crippen LogP contribution >= 0.6 is 0 Å². The third kappa shape index (κ3) is 5.34. The summed E-state index contributed by atoms with van der Waals surface area (Å²) < 4.78 is 10.5. The number of methoxy groups -OCH3 is 1. The van der Waals surface area contributed by atoms with Crippen LogP contribution in [0.1, 0.15) is 43.7 Å². The van der Waals surface area contributed by atoms with Crippen molar-refractivity contribution >= 4 is 18.0 Å². The van der Waals surface area contributed by atoms with E-state index in [4.69, 9.17) is 9.47 Å². The number of hydrogen-bond donors (Lipinski definition) is 3. The van der Waals surface area contributed by atoms with Crippen LogP contribution in [-0.4, -0.2) is 55.0 Å². The molecule has 0 aromatic heterocycles. The SMILES string of the molecule is CCC(COC)(NC(=O)CC(C)NC(=O)OCC1c2ccccc2-c2ccccc21)C(=O)O. The van der Waals surface area contributed by atoms with Crippen molar-refractivity contribution in [2.45, 2.75) is 44.2 Å². The Balaban J connectivity index is 1.55. The molecule has 2 aromatic carbocycles. The molecular weight excluding hydrogens is 424 g/mol. The number of carbonyl (C=O) groups is 3. The van der Waals surface area contributed by atoms with Gasteiger partial charge in [0.1, 0.15) is 6.61 Å². The monoisotopic (exact) mass is 454 g/mol. The van der Waals surface area contributed by atoms with E-state index in [1.807, 2.05) is 36.4 Å². The maximum atomic E-state index is 12.4. The molecular formula is C25H30N2O6. The van der Waals surface area contributed by atoms with Gasteiger partial charge in [-0.15, -0.1) is 0 Å². The number of carboxylic acids is 1. The van der Waals surface area contributed by atoms with E-state index in [9.17, 15) is 19.5 Å². The van der Waals surface area contributed by atoms with Gasteiger partial charge in [-0.05, 0) is 35.6 Å². The molecule has 176 valence electrons. The van der Waals surface area contributed by atoms with E-state index in [-0.39, 0.29) is 32.0 Å². The summed E-state index contributed by atoms with van der Waals surface area (Å²) in [5, 5.41) is 14.7. The number of benzene rings is 2. The van der Waals surface area contributed by atoms with Gasteiger partial charge >= 0.3 is 12.1 Å². The van der Waals surface area contributed by atoms with Gasteiger partial charge < -0.3 is 25.2 Å².